The van der Waals surface area contributed by atoms with E-state index in [0.717, 1.165) is 5.56 Å². The molecule has 0 saturated carbocycles. The lowest BCUT2D eigenvalue weighted by atomic mass is 10.1. The molecule has 0 spiro atoms. The summed E-state index contributed by atoms with van der Waals surface area (Å²) in [4.78, 5) is 34.4. The van der Waals surface area contributed by atoms with Crippen molar-refractivity contribution in [3.8, 4) is 0 Å². The van der Waals surface area contributed by atoms with Crippen molar-refractivity contribution in [1.82, 2.24) is 20.3 Å². The number of aromatic nitrogens is 3. The number of methoxy groups -OCH3 is 1. The molecule has 1 aromatic heterocycles. The highest BCUT2D eigenvalue weighted by Gasteiger charge is 2.27. The van der Waals surface area contributed by atoms with E-state index in [-0.39, 0.29) is 12.1 Å². The minimum Gasteiger partial charge on any atom is -0.467 e. The summed E-state index contributed by atoms with van der Waals surface area (Å²) < 4.78 is 12.0. The molecule has 0 fully saturated rings. The summed E-state index contributed by atoms with van der Waals surface area (Å²) in [5.74, 6) is -0.655. The highest BCUT2D eigenvalue weighted by molar-refractivity contribution is 9.10. The first kappa shape index (κ1) is 23.3. The van der Waals surface area contributed by atoms with Crippen molar-refractivity contribution in [2.75, 3.05) is 7.11 Å². The molecule has 0 bridgehead atoms. The van der Waals surface area contributed by atoms with Crippen molar-refractivity contribution in [3.63, 3.8) is 0 Å². The largest absolute Gasteiger partial charge is 0.467 e. The molecule has 2 rings (SSSR count). The molecule has 162 valence electrons. The summed E-state index contributed by atoms with van der Waals surface area (Å²) in [6, 6.07) is 5.02. The first-order chi connectivity index (χ1) is 14.0. The Kier molecular flexibility index (Phi) is 7.48. The SMILES string of the molecule is COC(=O)[C@H](Cc1nnn(Cc2ccc([N+](=O)[O-])cc2)c1Br)NC(=O)OC(C)(C)C. The second-order valence-electron chi connectivity index (χ2n) is 7.33. The third-order valence-electron chi connectivity index (χ3n) is 3.79. The number of rotatable bonds is 7. The van der Waals surface area contributed by atoms with Crippen LogP contribution in [0.3, 0.4) is 0 Å². The average molecular weight is 484 g/mol. The van der Waals surface area contributed by atoms with Gasteiger partial charge < -0.3 is 14.8 Å². The molecule has 0 aliphatic carbocycles. The molecule has 0 aliphatic heterocycles. The van der Waals surface area contributed by atoms with Gasteiger partial charge in [0.1, 0.15) is 16.2 Å². The Hall–Kier alpha value is -3.02. The number of halogens is 1. The summed E-state index contributed by atoms with van der Waals surface area (Å²) in [6.45, 7) is 5.42. The maximum Gasteiger partial charge on any atom is 0.408 e. The molecule has 1 heterocycles. The molecular weight excluding hydrogens is 462 g/mol. The fourth-order valence-corrected chi connectivity index (χ4v) is 2.88. The first-order valence-electron chi connectivity index (χ1n) is 8.88. The summed E-state index contributed by atoms with van der Waals surface area (Å²) in [5, 5.41) is 21.3. The average Bonchev–Trinajstić information content (AvgIpc) is 2.99. The minimum absolute atomic E-state index is 0.00812. The molecule has 30 heavy (non-hydrogen) atoms. The molecule has 0 aliphatic rings. The second kappa shape index (κ2) is 9.65. The van der Waals surface area contributed by atoms with Crippen LogP contribution in [0.15, 0.2) is 28.9 Å². The van der Waals surface area contributed by atoms with Gasteiger partial charge in [-0.25, -0.2) is 14.3 Å². The van der Waals surface area contributed by atoms with Crippen molar-refractivity contribution in [2.24, 2.45) is 0 Å². The van der Waals surface area contributed by atoms with Gasteiger partial charge in [-0.3, -0.25) is 10.1 Å². The van der Waals surface area contributed by atoms with E-state index in [1.807, 2.05) is 0 Å². The molecule has 1 atom stereocenters. The second-order valence-corrected chi connectivity index (χ2v) is 8.09. The number of hydrogen-bond acceptors (Lipinski definition) is 8. The molecular formula is C18H22BrN5O6. The van der Waals surface area contributed by atoms with Crippen molar-refractivity contribution in [2.45, 2.75) is 45.4 Å². The fourth-order valence-electron chi connectivity index (χ4n) is 2.44. The van der Waals surface area contributed by atoms with Crippen molar-refractivity contribution >= 4 is 33.7 Å². The van der Waals surface area contributed by atoms with Gasteiger partial charge in [0.2, 0.25) is 0 Å². The number of carbonyl (C=O) groups excluding carboxylic acids is 2. The monoisotopic (exact) mass is 483 g/mol. The van der Waals surface area contributed by atoms with E-state index in [2.05, 4.69) is 31.6 Å². The maximum atomic E-state index is 12.1. The number of amides is 1. The van der Waals surface area contributed by atoms with Crippen LogP contribution in [0.4, 0.5) is 10.5 Å². The summed E-state index contributed by atoms with van der Waals surface area (Å²) >= 11 is 3.39. The Morgan fingerprint density at radius 3 is 2.47 bits per heavy atom. The van der Waals surface area contributed by atoms with E-state index in [9.17, 15) is 19.7 Å². The number of nitro benzene ring substituents is 1. The van der Waals surface area contributed by atoms with E-state index >= 15 is 0 Å². The predicted molar refractivity (Wildman–Crippen MR) is 109 cm³/mol. The number of non-ortho nitro benzene ring substituents is 1. The van der Waals surface area contributed by atoms with Gasteiger partial charge in [0.15, 0.2) is 0 Å². The maximum absolute atomic E-state index is 12.1. The Balaban J connectivity index is 2.12. The zero-order chi connectivity index (χ0) is 22.5. The van der Waals surface area contributed by atoms with Crippen LogP contribution in [0.5, 0.6) is 0 Å². The van der Waals surface area contributed by atoms with Crippen LogP contribution in [-0.2, 0) is 27.2 Å². The van der Waals surface area contributed by atoms with E-state index in [0.29, 0.717) is 16.8 Å². The third-order valence-corrected chi connectivity index (χ3v) is 4.66. The molecule has 1 aromatic carbocycles. The zero-order valence-electron chi connectivity index (χ0n) is 16.9. The quantitative estimate of drug-likeness (QED) is 0.360. The number of hydrogen-bond donors (Lipinski definition) is 1. The van der Waals surface area contributed by atoms with Crippen molar-refractivity contribution in [3.05, 3.63) is 50.2 Å². The van der Waals surface area contributed by atoms with Crippen LogP contribution in [-0.4, -0.2) is 50.7 Å². The number of benzene rings is 1. The number of nitro groups is 1. The number of alkyl carbamates (subject to hydrolysis) is 1. The lowest BCUT2D eigenvalue weighted by Crippen LogP contribution is -2.45. The lowest BCUT2D eigenvalue weighted by molar-refractivity contribution is -0.384. The van der Waals surface area contributed by atoms with Crippen LogP contribution in [0.1, 0.15) is 32.0 Å². The smallest absolute Gasteiger partial charge is 0.408 e. The van der Waals surface area contributed by atoms with Crippen LogP contribution < -0.4 is 5.32 Å². The van der Waals surface area contributed by atoms with Crippen LogP contribution in [0, 0.1) is 10.1 Å². The Morgan fingerprint density at radius 1 is 1.30 bits per heavy atom. The summed E-state index contributed by atoms with van der Waals surface area (Å²) in [5.41, 5.74) is 0.461. The molecule has 11 nitrogen and oxygen atoms in total. The van der Waals surface area contributed by atoms with Crippen LogP contribution >= 0.6 is 15.9 Å². The first-order valence-corrected chi connectivity index (χ1v) is 9.68. The van der Waals surface area contributed by atoms with Gasteiger partial charge in [-0.2, -0.15) is 0 Å². The predicted octanol–water partition coefficient (Wildman–Crippen LogP) is 2.61. The van der Waals surface area contributed by atoms with Gasteiger partial charge in [0, 0.05) is 18.6 Å². The normalized spacial score (nSPS) is 12.2. The van der Waals surface area contributed by atoms with Gasteiger partial charge in [-0.05, 0) is 42.3 Å². The standard InChI is InChI=1S/C18H22BrN5O6/c1-18(2,3)30-17(26)20-14(16(25)29-4)9-13-15(19)23(22-21-13)10-11-5-7-12(8-6-11)24(27)28/h5-8,14H,9-10H2,1-4H3,(H,20,26)/t14-/m0/s1. The zero-order valence-corrected chi connectivity index (χ0v) is 18.5. The topological polar surface area (TPSA) is 138 Å². The van der Waals surface area contributed by atoms with E-state index < -0.39 is 28.6 Å². The lowest BCUT2D eigenvalue weighted by Gasteiger charge is -2.22. The van der Waals surface area contributed by atoms with Gasteiger partial charge in [-0.15, -0.1) is 5.10 Å². The number of nitrogens with zero attached hydrogens (tertiary/aromatic N) is 4. The summed E-state index contributed by atoms with van der Waals surface area (Å²) in [6.07, 6.45) is -0.737. The number of esters is 1. The van der Waals surface area contributed by atoms with Gasteiger partial charge in [0.05, 0.1) is 24.3 Å². The highest BCUT2D eigenvalue weighted by Crippen LogP contribution is 2.19. The number of ether oxygens (including phenoxy) is 2. The molecule has 12 heteroatoms. The molecule has 0 saturated heterocycles. The van der Waals surface area contributed by atoms with E-state index in [1.54, 1.807) is 32.9 Å². The van der Waals surface area contributed by atoms with Crippen LogP contribution in [0.2, 0.25) is 0 Å². The van der Waals surface area contributed by atoms with Crippen LogP contribution in [0.25, 0.3) is 0 Å². The Labute approximate surface area is 181 Å². The molecule has 1 amide bonds. The summed E-state index contributed by atoms with van der Waals surface area (Å²) in [7, 11) is 1.21. The highest BCUT2D eigenvalue weighted by atomic mass is 79.9. The molecule has 1 N–H and O–H groups in total. The van der Waals surface area contributed by atoms with Gasteiger partial charge in [0.25, 0.3) is 5.69 Å². The van der Waals surface area contributed by atoms with E-state index in [1.165, 1.54) is 23.9 Å². The molecule has 0 unspecified atom stereocenters. The Morgan fingerprint density at radius 2 is 1.93 bits per heavy atom. The third kappa shape index (κ3) is 6.51. The minimum atomic E-state index is -1.02. The number of nitrogens with one attached hydrogen (secondary N) is 1. The van der Waals surface area contributed by atoms with Gasteiger partial charge >= 0.3 is 12.1 Å². The van der Waals surface area contributed by atoms with Crippen molar-refractivity contribution in [1.29, 1.82) is 0 Å². The molecule has 2 aromatic rings. The Bertz CT molecular complexity index is 922. The van der Waals surface area contributed by atoms with Gasteiger partial charge in [-0.1, -0.05) is 17.3 Å². The molecule has 0 radical (unpaired) electrons. The van der Waals surface area contributed by atoms with E-state index in [4.69, 9.17) is 9.47 Å². The number of carbonyl (C=O) groups is 2. The van der Waals surface area contributed by atoms with Crippen molar-refractivity contribution < 1.29 is 24.0 Å². The fraction of sp³-hybridized carbons (Fsp3) is 0.444.